The van der Waals surface area contributed by atoms with E-state index in [0.717, 1.165) is 12.8 Å². The first-order valence-corrected chi connectivity index (χ1v) is 7.41. The van der Waals surface area contributed by atoms with E-state index in [1.807, 2.05) is 18.9 Å². The van der Waals surface area contributed by atoms with Crippen LogP contribution < -0.4 is 11.2 Å². The number of hydrogen-bond donors (Lipinski definition) is 2. The van der Waals surface area contributed by atoms with Crippen molar-refractivity contribution in [3.63, 3.8) is 0 Å². The molecule has 0 aliphatic carbocycles. The second-order valence-corrected chi connectivity index (χ2v) is 5.43. The fourth-order valence-corrected chi connectivity index (χ4v) is 2.79. The zero-order valence-corrected chi connectivity index (χ0v) is 12.7. The van der Waals surface area contributed by atoms with Crippen molar-refractivity contribution in [1.29, 1.82) is 0 Å². The lowest BCUT2D eigenvalue weighted by atomic mass is 9.78. The maximum absolute atomic E-state index is 12.6. The van der Waals surface area contributed by atoms with E-state index in [0.29, 0.717) is 44.1 Å². The molecule has 0 aromatic rings. The molecule has 1 aliphatic rings. The Kier molecular flexibility index (Phi) is 6.68. The Hall–Kier alpha value is -0.720. The number of carbonyl (C=O) groups excluding carboxylic acids is 1. The lowest BCUT2D eigenvalue weighted by Gasteiger charge is -2.35. The molecule has 1 saturated heterocycles. The largest absolute Gasteiger partial charge is 0.392 e. The van der Waals surface area contributed by atoms with Crippen LogP contribution >= 0.6 is 12.2 Å². The summed E-state index contributed by atoms with van der Waals surface area (Å²) in [6.45, 7) is 6.79. The minimum atomic E-state index is -0.711. The van der Waals surface area contributed by atoms with Gasteiger partial charge in [-0.05, 0) is 12.8 Å². The third-order valence-corrected chi connectivity index (χ3v) is 3.92. The molecule has 1 fully saturated rings. The Morgan fingerprint density at radius 3 is 2.26 bits per heavy atom. The van der Waals surface area contributed by atoms with Crippen LogP contribution in [0.3, 0.4) is 0 Å². The molecule has 0 aromatic carbocycles. The monoisotopic (exact) mass is 287 g/mol. The highest BCUT2D eigenvalue weighted by Crippen LogP contribution is 2.31. The molecule has 3 N–H and O–H groups in total. The highest BCUT2D eigenvalue weighted by Gasteiger charge is 2.40. The molecule has 6 heteroatoms. The van der Waals surface area contributed by atoms with Gasteiger partial charge in [0.1, 0.15) is 5.41 Å². The number of thiocarbonyl (C=S) groups is 1. The molecule has 1 aliphatic heterocycles. The van der Waals surface area contributed by atoms with Crippen molar-refractivity contribution < 1.29 is 9.53 Å². The smallest absolute Gasteiger partial charge is 0.247 e. The van der Waals surface area contributed by atoms with Gasteiger partial charge in [0, 0.05) is 13.1 Å². The van der Waals surface area contributed by atoms with Gasteiger partial charge in [-0.15, -0.1) is 0 Å². The summed E-state index contributed by atoms with van der Waals surface area (Å²) in [6, 6.07) is 0. The molecule has 0 aromatic heterocycles. The highest BCUT2D eigenvalue weighted by molar-refractivity contribution is 7.80. The van der Waals surface area contributed by atoms with Gasteiger partial charge in [-0.25, -0.2) is 5.01 Å². The van der Waals surface area contributed by atoms with E-state index >= 15 is 0 Å². The van der Waals surface area contributed by atoms with Crippen LogP contribution in [0, 0.1) is 5.41 Å². The SMILES string of the molecule is CCCC(CCC)(C(=O)NN1CCOCC1)C(N)=S. The predicted octanol–water partition coefficient (Wildman–Crippen LogP) is 1.22. The number of carbonyl (C=O) groups is 1. The predicted molar refractivity (Wildman–Crippen MR) is 79.6 cm³/mol. The van der Waals surface area contributed by atoms with E-state index in [1.54, 1.807) is 0 Å². The minimum absolute atomic E-state index is 0.0643. The summed E-state index contributed by atoms with van der Waals surface area (Å²) in [5.41, 5.74) is 8.12. The van der Waals surface area contributed by atoms with Crippen molar-refractivity contribution in [1.82, 2.24) is 10.4 Å². The number of morpholine rings is 1. The van der Waals surface area contributed by atoms with E-state index in [2.05, 4.69) is 5.43 Å². The van der Waals surface area contributed by atoms with Crippen molar-refractivity contribution >= 4 is 23.1 Å². The summed E-state index contributed by atoms with van der Waals surface area (Å²) < 4.78 is 5.27. The van der Waals surface area contributed by atoms with Crippen molar-refractivity contribution in [2.45, 2.75) is 39.5 Å². The number of rotatable bonds is 7. The van der Waals surface area contributed by atoms with Gasteiger partial charge in [0.15, 0.2) is 0 Å². The number of amides is 1. The van der Waals surface area contributed by atoms with Crippen LogP contribution in [0.25, 0.3) is 0 Å². The average Bonchev–Trinajstić information content (AvgIpc) is 2.39. The van der Waals surface area contributed by atoms with E-state index in [1.165, 1.54) is 0 Å². The van der Waals surface area contributed by atoms with Gasteiger partial charge in [0.05, 0.1) is 18.2 Å². The number of nitrogens with two attached hydrogens (primary N) is 1. The van der Waals surface area contributed by atoms with Crippen molar-refractivity contribution in [3.8, 4) is 0 Å². The first kappa shape index (κ1) is 16.3. The van der Waals surface area contributed by atoms with Gasteiger partial charge < -0.3 is 10.5 Å². The zero-order chi connectivity index (χ0) is 14.3. The van der Waals surface area contributed by atoms with Crippen LogP contribution in [0.1, 0.15) is 39.5 Å². The van der Waals surface area contributed by atoms with E-state index in [9.17, 15) is 4.79 Å². The molecule has 1 amide bonds. The maximum atomic E-state index is 12.6. The van der Waals surface area contributed by atoms with E-state index in [-0.39, 0.29) is 5.91 Å². The fourth-order valence-electron chi connectivity index (χ4n) is 2.49. The standard InChI is InChI=1S/C13H25N3O2S/c1-3-5-13(6-4-2,11(14)19)12(17)15-16-7-9-18-10-8-16/h3-10H2,1-2H3,(H2,14,19)(H,15,17). The summed E-state index contributed by atoms with van der Waals surface area (Å²) in [5.74, 6) is -0.0643. The molecule has 0 atom stereocenters. The average molecular weight is 287 g/mol. The molecule has 0 saturated carbocycles. The molecule has 0 bridgehead atoms. The van der Waals surface area contributed by atoms with Crippen LogP contribution in [-0.4, -0.2) is 42.2 Å². The molecule has 110 valence electrons. The molecule has 19 heavy (non-hydrogen) atoms. The van der Waals surface area contributed by atoms with Crippen LogP contribution in [0.4, 0.5) is 0 Å². The number of nitrogens with one attached hydrogen (secondary N) is 1. The molecular weight excluding hydrogens is 262 g/mol. The van der Waals surface area contributed by atoms with Gasteiger partial charge in [-0.2, -0.15) is 0 Å². The lowest BCUT2D eigenvalue weighted by Crippen LogP contribution is -2.56. The van der Waals surface area contributed by atoms with Crippen molar-refractivity contribution in [3.05, 3.63) is 0 Å². The Labute approximate surface area is 120 Å². The number of ether oxygens (including phenoxy) is 1. The first-order chi connectivity index (χ1) is 9.06. The van der Waals surface area contributed by atoms with Crippen LogP contribution in [0.2, 0.25) is 0 Å². The van der Waals surface area contributed by atoms with Gasteiger partial charge in [0.25, 0.3) is 0 Å². The second-order valence-electron chi connectivity index (χ2n) is 4.99. The summed E-state index contributed by atoms with van der Waals surface area (Å²) in [6.07, 6.45) is 3.17. The fraction of sp³-hybridized carbons (Fsp3) is 0.846. The third-order valence-electron chi connectivity index (χ3n) is 3.53. The van der Waals surface area contributed by atoms with Gasteiger partial charge >= 0.3 is 0 Å². The summed E-state index contributed by atoms with van der Waals surface area (Å²) in [5, 5.41) is 1.89. The van der Waals surface area contributed by atoms with Gasteiger partial charge in [0.2, 0.25) is 5.91 Å². The normalized spacial score (nSPS) is 17.2. The number of nitrogens with zero attached hydrogens (tertiary/aromatic N) is 1. The summed E-state index contributed by atoms with van der Waals surface area (Å²) in [7, 11) is 0. The van der Waals surface area contributed by atoms with Crippen LogP contribution in [0.15, 0.2) is 0 Å². The van der Waals surface area contributed by atoms with Crippen molar-refractivity contribution in [2.24, 2.45) is 11.1 Å². The quantitative estimate of drug-likeness (QED) is 0.689. The summed E-state index contributed by atoms with van der Waals surface area (Å²) in [4.78, 5) is 12.9. The molecule has 1 rings (SSSR count). The molecule has 0 radical (unpaired) electrons. The van der Waals surface area contributed by atoms with E-state index < -0.39 is 5.41 Å². The lowest BCUT2D eigenvalue weighted by molar-refractivity contribution is -0.135. The second kappa shape index (κ2) is 7.77. The van der Waals surface area contributed by atoms with Gasteiger partial charge in [-0.1, -0.05) is 38.9 Å². The molecular formula is C13H25N3O2S. The Bertz CT molecular complexity index is 311. The molecule has 5 nitrogen and oxygen atoms in total. The molecule has 1 heterocycles. The number of hydrazine groups is 1. The van der Waals surface area contributed by atoms with E-state index in [4.69, 9.17) is 22.7 Å². The number of hydrogen-bond acceptors (Lipinski definition) is 4. The topological polar surface area (TPSA) is 67.6 Å². The van der Waals surface area contributed by atoms with Crippen molar-refractivity contribution in [2.75, 3.05) is 26.3 Å². The van der Waals surface area contributed by atoms with Crippen LogP contribution in [0.5, 0.6) is 0 Å². The maximum Gasteiger partial charge on any atom is 0.247 e. The molecule has 0 unspecified atom stereocenters. The zero-order valence-electron chi connectivity index (χ0n) is 11.9. The third kappa shape index (κ3) is 4.12. The Balaban J connectivity index is 2.76. The van der Waals surface area contributed by atoms with Gasteiger partial charge in [-0.3, -0.25) is 10.2 Å². The highest BCUT2D eigenvalue weighted by atomic mass is 32.1. The summed E-state index contributed by atoms with van der Waals surface area (Å²) >= 11 is 5.18. The first-order valence-electron chi connectivity index (χ1n) is 7.00. The minimum Gasteiger partial charge on any atom is -0.392 e. The van der Waals surface area contributed by atoms with Crippen LogP contribution in [-0.2, 0) is 9.53 Å². The Morgan fingerprint density at radius 1 is 1.32 bits per heavy atom. The Morgan fingerprint density at radius 2 is 1.84 bits per heavy atom. The molecule has 0 spiro atoms.